The number of unbranched alkanes of at least 4 members (excludes halogenated alkanes) is 1. The first kappa shape index (κ1) is 29.3. The van der Waals surface area contributed by atoms with E-state index in [-0.39, 0.29) is 20.8 Å². The molecular formula is C19H44O4Si2. The fourth-order valence-corrected chi connectivity index (χ4v) is 11.5. The second-order valence-corrected chi connectivity index (χ2v) is 16.2. The van der Waals surface area contributed by atoms with E-state index in [1.165, 1.54) is 18.9 Å². The van der Waals surface area contributed by atoms with Gasteiger partial charge in [-0.05, 0) is 51.6 Å². The highest BCUT2D eigenvalue weighted by Crippen LogP contribution is 2.24. The monoisotopic (exact) mass is 392 g/mol. The van der Waals surface area contributed by atoms with E-state index < -0.39 is 16.6 Å². The molecule has 0 bridgehead atoms. The van der Waals surface area contributed by atoms with E-state index >= 15 is 0 Å². The average molecular weight is 393 g/mol. The van der Waals surface area contributed by atoms with Crippen LogP contribution in [0.25, 0.3) is 0 Å². The molecule has 0 heterocycles. The van der Waals surface area contributed by atoms with Crippen LogP contribution in [0, 0.1) is 0 Å². The third kappa shape index (κ3) is 16.8. The maximum Gasteiger partial charge on any atom is 0.333 e. The molecule has 0 rings (SSSR count). The van der Waals surface area contributed by atoms with E-state index in [1.54, 1.807) is 6.92 Å². The Hall–Kier alpha value is -0.436. The third-order valence-electron chi connectivity index (χ3n) is 3.56. The predicted molar refractivity (Wildman–Crippen MR) is 115 cm³/mol. The molecule has 0 fully saturated rings. The van der Waals surface area contributed by atoms with Gasteiger partial charge in [-0.2, -0.15) is 0 Å². The Morgan fingerprint density at radius 3 is 1.92 bits per heavy atom. The Bertz CT molecular complexity index is 368. The summed E-state index contributed by atoms with van der Waals surface area (Å²) in [5, 5.41) is 0. The molecule has 6 heteroatoms. The molecule has 0 unspecified atom stereocenters. The molecule has 0 spiro atoms. The van der Waals surface area contributed by atoms with E-state index in [0.717, 1.165) is 12.5 Å². The van der Waals surface area contributed by atoms with Crippen LogP contribution in [0.15, 0.2) is 12.2 Å². The summed E-state index contributed by atoms with van der Waals surface area (Å²) in [6, 6.07) is 2.37. The Morgan fingerprint density at radius 1 is 0.920 bits per heavy atom. The largest absolute Gasteiger partial charge is 0.460 e. The lowest BCUT2D eigenvalue weighted by atomic mass is 10.4. The summed E-state index contributed by atoms with van der Waals surface area (Å²) in [6.07, 6.45) is 3.52. The lowest BCUT2D eigenvalue weighted by Gasteiger charge is -2.34. The Labute approximate surface area is 159 Å². The van der Waals surface area contributed by atoms with Crippen molar-refractivity contribution in [2.75, 3.05) is 19.8 Å². The molecule has 0 saturated carbocycles. The highest BCUT2D eigenvalue weighted by atomic mass is 28.4. The van der Waals surface area contributed by atoms with Crippen molar-refractivity contribution >= 4 is 22.6 Å². The molecule has 0 saturated heterocycles. The first-order chi connectivity index (χ1) is 10.6. The van der Waals surface area contributed by atoms with Crippen molar-refractivity contribution in [3.05, 3.63) is 12.2 Å². The van der Waals surface area contributed by atoms with Gasteiger partial charge in [-0.15, -0.1) is 0 Å². The summed E-state index contributed by atoms with van der Waals surface area (Å²) in [6.45, 7) is 18.1. The second-order valence-electron chi connectivity index (χ2n) is 7.36. The molecule has 0 radical (unpaired) electrons. The lowest BCUT2D eigenvalue weighted by Crippen LogP contribution is -2.44. The molecule has 0 aromatic carbocycles. The first-order valence-corrected chi connectivity index (χ1v) is 14.9. The zero-order chi connectivity index (χ0) is 17.9. The number of carbonyl (C=O) groups excluding carboxylic acids is 1. The molecular weight excluding hydrogens is 348 g/mol. The molecule has 0 aliphatic rings. The molecule has 0 aromatic rings. The van der Waals surface area contributed by atoms with E-state index in [1.807, 2.05) is 0 Å². The van der Waals surface area contributed by atoms with Gasteiger partial charge >= 0.3 is 5.97 Å². The van der Waals surface area contributed by atoms with Crippen LogP contribution in [-0.4, -0.2) is 42.4 Å². The number of esters is 1. The fraction of sp³-hybridized carbons (Fsp3) is 0.842. The van der Waals surface area contributed by atoms with Crippen LogP contribution < -0.4 is 0 Å². The lowest BCUT2D eigenvalue weighted by molar-refractivity contribution is -0.140. The number of carbonyl (C=O) groups is 1. The van der Waals surface area contributed by atoms with Gasteiger partial charge in [-0.3, -0.25) is 0 Å². The molecule has 4 nitrogen and oxygen atoms in total. The van der Waals surface area contributed by atoms with Gasteiger partial charge in [0.25, 0.3) is 0 Å². The molecule has 0 aliphatic carbocycles. The maximum absolute atomic E-state index is 11.2. The second kappa shape index (κ2) is 14.7. The van der Waals surface area contributed by atoms with Crippen LogP contribution in [-0.2, 0) is 18.4 Å². The van der Waals surface area contributed by atoms with Crippen molar-refractivity contribution in [1.82, 2.24) is 0 Å². The average Bonchev–Trinajstić information content (AvgIpc) is 2.42. The van der Waals surface area contributed by atoms with Gasteiger partial charge in [0.05, 0.1) is 6.61 Å². The fourth-order valence-electron chi connectivity index (χ4n) is 2.47. The van der Waals surface area contributed by atoms with Crippen LogP contribution in [0.4, 0.5) is 0 Å². The van der Waals surface area contributed by atoms with Crippen molar-refractivity contribution < 1.29 is 18.4 Å². The first-order valence-electron chi connectivity index (χ1n) is 8.70. The van der Waals surface area contributed by atoms with Gasteiger partial charge in [-0.1, -0.05) is 41.2 Å². The van der Waals surface area contributed by atoms with E-state index in [4.69, 9.17) is 13.6 Å². The van der Waals surface area contributed by atoms with Crippen LogP contribution in [0.1, 0.15) is 48.0 Å². The quantitative estimate of drug-likeness (QED) is 0.167. The van der Waals surface area contributed by atoms with Gasteiger partial charge in [0, 0.05) is 12.2 Å². The number of ether oxygens (including phenoxy) is 2. The van der Waals surface area contributed by atoms with Gasteiger partial charge < -0.3 is 13.6 Å². The summed E-state index contributed by atoms with van der Waals surface area (Å²) >= 11 is 0. The van der Waals surface area contributed by atoms with Gasteiger partial charge in [0.15, 0.2) is 16.6 Å². The molecule has 152 valence electrons. The van der Waals surface area contributed by atoms with Crippen LogP contribution in [0.5, 0.6) is 0 Å². The van der Waals surface area contributed by atoms with E-state index in [0.29, 0.717) is 25.4 Å². The zero-order valence-corrected chi connectivity index (χ0v) is 18.0. The summed E-state index contributed by atoms with van der Waals surface area (Å²) in [4.78, 5) is 11.2. The minimum Gasteiger partial charge on any atom is -0.460 e. The minimum atomic E-state index is -1.61. The minimum absolute atomic E-state index is 0. The van der Waals surface area contributed by atoms with Crippen LogP contribution in [0.3, 0.4) is 0 Å². The van der Waals surface area contributed by atoms with Crippen molar-refractivity contribution in [3.63, 3.8) is 0 Å². The van der Waals surface area contributed by atoms with Crippen LogP contribution >= 0.6 is 0 Å². The molecule has 0 N–H and O–H groups in total. The summed E-state index contributed by atoms with van der Waals surface area (Å²) < 4.78 is 17.1. The molecule has 0 atom stereocenters. The summed E-state index contributed by atoms with van der Waals surface area (Å²) in [7, 11) is -3.11. The van der Waals surface area contributed by atoms with Crippen molar-refractivity contribution in [3.8, 4) is 0 Å². The summed E-state index contributed by atoms with van der Waals surface area (Å²) in [5.41, 5.74) is 0.421. The van der Waals surface area contributed by atoms with Crippen molar-refractivity contribution in [1.29, 1.82) is 0 Å². The Morgan fingerprint density at radius 2 is 1.44 bits per heavy atom. The van der Waals surface area contributed by atoms with E-state index in [9.17, 15) is 4.79 Å². The van der Waals surface area contributed by atoms with Crippen molar-refractivity contribution in [2.45, 2.75) is 86.2 Å². The maximum atomic E-state index is 11.2. The predicted octanol–water partition coefficient (Wildman–Crippen LogP) is 6.01. The molecule has 0 aliphatic heterocycles. The highest BCUT2D eigenvalue weighted by molar-refractivity contribution is 6.84. The number of rotatable bonds is 13. The molecule has 0 aromatic heterocycles. The third-order valence-corrected chi connectivity index (χ3v) is 11.1. The van der Waals surface area contributed by atoms with Crippen molar-refractivity contribution in [2.24, 2.45) is 0 Å². The normalized spacial score (nSPS) is 11.3. The van der Waals surface area contributed by atoms with Crippen LogP contribution in [0.2, 0.25) is 38.3 Å². The number of hydrogen-bond donors (Lipinski definition) is 0. The Balaban J connectivity index is -0.00000242. The molecule has 25 heavy (non-hydrogen) atoms. The SMILES string of the molecule is C.C.C=C(C)C(=O)OCCOCCC[Si](C)(C)O[Si](C)(C)CCCC. The topological polar surface area (TPSA) is 44.8 Å². The smallest absolute Gasteiger partial charge is 0.333 e. The summed E-state index contributed by atoms with van der Waals surface area (Å²) in [5.74, 6) is -0.352. The van der Waals surface area contributed by atoms with Gasteiger partial charge in [0.2, 0.25) is 0 Å². The van der Waals surface area contributed by atoms with Gasteiger partial charge in [0.1, 0.15) is 6.61 Å². The molecule has 0 amide bonds. The van der Waals surface area contributed by atoms with E-state index in [2.05, 4.69) is 39.7 Å². The zero-order valence-electron chi connectivity index (χ0n) is 16.0. The van der Waals surface area contributed by atoms with Gasteiger partial charge in [-0.25, -0.2) is 4.79 Å². The number of hydrogen-bond acceptors (Lipinski definition) is 4. The highest BCUT2D eigenvalue weighted by Gasteiger charge is 2.31. The standard InChI is InChI=1S/C17H36O4Si2.2CH4/c1-8-9-14-22(4,5)21-23(6,7)15-10-11-19-12-13-20-17(18)16(2)3;;/h2,8-15H2,1,3-7H3;2*1H4. The Kier molecular flexibility index (Phi) is 17.3.